The number of halogens is 1. The number of benzene rings is 3. The lowest BCUT2D eigenvalue weighted by Crippen LogP contribution is -2.44. The first kappa shape index (κ1) is 24.8. The first-order chi connectivity index (χ1) is 16.9. The summed E-state index contributed by atoms with van der Waals surface area (Å²) in [6.07, 6.45) is 2.16. The standard InChI is InChI=1S/C28H31FN2O4/c1-21(35-27-13-12-25(31(33)34)20-26(27)29)14-17-30-18-15-24(16-19-30)28(32,22-8-4-2-5-9-22)23-10-6-3-7-11-23/h2-13,20-21,24,32H,14-19H2,1H3. The Morgan fingerprint density at radius 1 is 1.06 bits per heavy atom. The van der Waals surface area contributed by atoms with Crippen molar-refractivity contribution in [2.75, 3.05) is 19.6 Å². The van der Waals surface area contributed by atoms with Crippen LogP contribution >= 0.6 is 0 Å². The van der Waals surface area contributed by atoms with E-state index in [-0.39, 0.29) is 23.5 Å². The Bertz CT molecular complexity index is 1080. The molecule has 1 unspecified atom stereocenters. The Balaban J connectivity index is 1.34. The average molecular weight is 479 g/mol. The molecule has 0 spiro atoms. The zero-order valence-corrected chi connectivity index (χ0v) is 19.8. The largest absolute Gasteiger partial charge is 0.488 e. The van der Waals surface area contributed by atoms with Crippen molar-refractivity contribution in [2.24, 2.45) is 5.92 Å². The highest BCUT2D eigenvalue weighted by molar-refractivity contribution is 5.38. The van der Waals surface area contributed by atoms with Crippen LogP contribution in [-0.2, 0) is 5.60 Å². The van der Waals surface area contributed by atoms with Crippen molar-refractivity contribution in [3.8, 4) is 5.75 Å². The number of ether oxygens (including phenoxy) is 1. The lowest BCUT2D eigenvalue weighted by Gasteiger charge is -2.42. The van der Waals surface area contributed by atoms with Gasteiger partial charge in [-0.15, -0.1) is 0 Å². The molecule has 4 rings (SSSR count). The summed E-state index contributed by atoms with van der Waals surface area (Å²) in [5.74, 6) is -0.614. The third kappa shape index (κ3) is 5.69. The summed E-state index contributed by atoms with van der Waals surface area (Å²) in [5.41, 5.74) is 0.489. The van der Waals surface area contributed by atoms with Gasteiger partial charge in [-0.3, -0.25) is 10.1 Å². The second kappa shape index (κ2) is 11.0. The van der Waals surface area contributed by atoms with E-state index in [1.165, 1.54) is 12.1 Å². The van der Waals surface area contributed by atoms with Crippen molar-refractivity contribution in [1.29, 1.82) is 0 Å². The van der Waals surface area contributed by atoms with Gasteiger partial charge < -0.3 is 14.7 Å². The molecule has 3 aromatic carbocycles. The number of non-ortho nitro benzene ring substituents is 1. The van der Waals surface area contributed by atoms with Gasteiger partial charge in [0.05, 0.1) is 17.1 Å². The second-order valence-electron chi connectivity index (χ2n) is 9.20. The molecule has 0 radical (unpaired) electrons. The highest BCUT2D eigenvalue weighted by Crippen LogP contribution is 2.41. The van der Waals surface area contributed by atoms with Crippen LogP contribution in [0.15, 0.2) is 78.9 Å². The van der Waals surface area contributed by atoms with Gasteiger partial charge in [0.1, 0.15) is 5.60 Å². The molecule has 35 heavy (non-hydrogen) atoms. The van der Waals surface area contributed by atoms with E-state index < -0.39 is 16.3 Å². The lowest BCUT2D eigenvalue weighted by atomic mass is 9.72. The summed E-state index contributed by atoms with van der Waals surface area (Å²) in [4.78, 5) is 12.5. The summed E-state index contributed by atoms with van der Waals surface area (Å²) in [6.45, 7) is 4.37. The summed E-state index contributed by atoms with van der Waals surface area (Å²) < 4.78 is 19.8. The first-order valence-electron chi connectivity index (χ1n) is 12.0. The fourth-order valence-corrected chi connectivity index (χ4v) is 4.94. The number of nitro benzene ring substituents is 1. The Kier molecular flexibility index (Phi) is 7.78. The molecular weight excluding hydrogens is 447 g/mol. The SMILES string of the molecule is CC(CCN1CCC(C(O)(c2ccccc2)c2ccccc2)CC1)Oc1ccc([N+](=O)[O-])cc1F. The smallest absolute Gasteiger partial charge is 0.272 e. The summed E-state index contributed by atoms with van der Waals surface area (Å²) in [7, 11) is 0. The highest BCUT2D eigenvalue weighted by atomic mass is 19.1. The molecule has 0 saturated carbocycles. The third-order valence-electron chi connectivity index (χ3n) is 6.91. The molecule has 1 saturated heterocycles. The number of nitro groups is 1. The second-order valence-corrected chi connectivity index (χ2v) is 9.20. The van der Waals surface area contributed by atoms with Crippen molar-refractivity contribution in [3.05, 3.63) is 106 Å². The Labute approximate surface area is 205 Å². The molecule has 1 N–H and O–H groups in total. The average Bonchev–Trinajstić information content (AvgIpc) is 2.89. The van der Waals surface area contributed by atoms with Crippen LogP contribution in [0.5, 0.6) is 5.75 Å². The van der Waals surface area contributed by atoms with Crippen molar-refractivity contribution in [1.82, 2.24) is 4.90 Å². The fourth-order valence-electron chi connectivity index (χ4n) is 4.94. The fraction of sp³-hybridized carbons (Fsp3) is 0.357. The van der Waals surface area contributed by atoms with Gasteiger partial charge in [0.15, 0.2) is 11.6 Å². The molecule has 0 bridgehead atoms. The molecular formula is C28H31FN2O4. The molecule has 184 valence electrons. The van der Waals surface area contributed by atoms with Crippen molar-refractivity contribution >= 4 is 5.69 Å². The van der Waals surface area contributed by atoms with E-state index >= 15 is 0 Å². The maximum atomic E-state index is 14.1. The Morgan fingerprint density at radius 3 is 2.14 bits per heavy atom. The van der Waals surface area contributed by atoms with E-state index in [1.807, 2.05) is 67.6 Å². The number of aliphatic hydroxyl groups is 1. The van der Waals surface area contributed by atoms with Crippen molar-refractivity contribution in [2.45, 2.75) is 37.9 Å². The van der Waals surface area contributed by atoms with Gasteiger partial charge in [-0.25, -0.2) is 4.39 Å². The van der Waals surface area contributed by atoms with Gasteiger partial charge in [0, 0.05) is 12.6 Å². The molecule has 7 heteroatoms. The number of likely N-dealkylation sites (tertiary alicyclic amines) is 1. The van der Waals surface area contributed by atoms with Crippen LogP contribution in [0.25, 0.3) is 0 Å². The minimum Gasteiger partial charge on any atom is -0.488 e. The molecule has 1 atom stereocenters. The highest BCUT2D eigenvalue weighted by Gasteiger charge is 2.41. The molecule has 0 amide bonds. The summed E-state index contributed by atoms with van der Waals surface area (Å²) in [5, 5.41) is 22.8. The molecule has 1 aliphatic heterocycles. The van der Waals surface area contributed by atoms with E-state index in [0.29, 0.717) is 6.42 Å². The number of hydrogen-bond donors (Lipinski definition) is 1. The summed E-state index contributed by atoms with van der Waals surface area (Å²) >= 11 is 0. The lowest BCUT2D eigenvalue weighted by molar-refractivity contribution is -0.385. The van der Waals surface area contributed by atoms with Crippen molar-refractivity contribution < 1.29 is 19.2 Å². The van der Waals surface area contributed by atoms with Gasteiger partial charge >= 0.3 is 0 Å². The maximum absolute atomic E-state index is 14.1. The van der Waals surface area contributed by atoms with Crippen molar-refractivity contribution in [3.63, 3.8) is 0 Å². The molecule has 6 nitrogen and oxygen atoms in total. The van der Waals surface area contributed by atoms with Crippen LogP contribution in [0.4, 0.5) is 10.1 Å². The maximum Gasteiger partial charge on any atom is 0.272 e. The minimum absolute atomic E-state index is 0.0256. The van der Waals surface area contributed by atoms with Crippen LogP contribution in [0.1, 0.15) is 37.3 Å². The third-order valence-corrected chi connectivity index (χ3v) is 6.91. The van der Waals surface area contributed by atoms with E-state index in [2.05, 4.69) is 4.90 Å². The zero-order chi connectivity index (χ0) is 24.8. The predicted molar refractivity (Wildman–Crippen MR) is 133 cm³/mol. The number of nitrogens with zero attached hydrogens (tertiary/aromatic N) is 2. The summed E-state index contributed by atoms with van der Waals surface area (Å²) in [6, 6.07) is 23.2. The van der Waals surface area contributed by atoms with Crippen LogP contribution < -0.4 is 4.74 Å². The topological polar surface area (TPSA) is 75.8 Å². The van der Waals surface area contributed by atoms with E-state index in [4.69, 9.17) is 4.74 Å². The van der Waals surface area contributed by atoms with E-state index in [9.17, 15) is 19.6 Å². The molecule has 3 aromatic rings. The minimum atomic E-state index is -1.04. The normalized spacial score (nSPS) is 16.1. The molecule has 1 fully saturated rings. The quantitative estimate of drug-likeness (QED) is 0.323. The Hall–Kier alpha value is -3.29. The van der Waals surface area contributed by atoms with Gasteiger partial charge in [0.25, 0.3) is 5.69 Å². The molecule has 0 aliphatic carbocycles. The number of hydrogen-bond acceptors (Lipinski definition) is 5. The van der Waals surface area contributed by atoms with Crippen LogP contribution in [0.2, 0.25) is 0 Å². The van der Waals surface area contributed by atoms with Gasteiger partial charge in [0.2, 0.25) is 0 Å². The van der Waals surface area contributed by atoms with E-state index in [0.717, 1.165) is 49.7 Å². The number of rotatable bonds is 9. The zero-order valence-electron chi connectivity index (χ0n) is 19.8. The first-order valence-corrected chi connectivity index (χ1v) is 12.0. The molecule has 0 aromatic heterocycles. The van der Waals surface area contributed by atoms with Crippen LogP contribution in [0, 0.1) is 21.8 Å². The van der Waals surface area contributed by atoms with Crippen LogP contribution in [0.3, 0.4) is 0 Å². The van der Waals surface area contributed by atoms with Crippen LogP contribution in [-0.4, -0.2) is 40.7 Å². The monoisotopic (exact) mass is 478 g/mol. The van der Waals surface area contributed by atoms with Gasteiger partial charge in [-0.1, -0.05) is 60.7 Å². The molecule has 1 heterocycles. The molecule has 1 aliphatic rings. The van der Waals surface area contributed by atoms with E-state index in [1.54, 1.807) is 0 Å². The van der Waals surface area contributed by atoms with Gasteiger partial charge in [-0.05, 0) is 62.4 Å². The van der Waals surface area contributed by atoms with Gasteiger partial charge in [-0.2, -0.15) is 0 Å². The Morgan fingerprint density at radius 2 is 1.63 bits per heavy atom. The predicted octanol–water partition coefficient (Wildman–Crippen LogP) is 5.54. The number of piperidine rings is 1.